The van der Waals surface area contributed by atoms with E-state index >= 15 is 0 Å². The van der Waals surface area contributed by atoms with Crippen LogP contribution in [0.25, 0.3) is 0 Å². The molecular weight excluding hydrogens is 305 g/mol. The molecule has 0 N–H and O–H groups in total. The fraction of sp³-hybridized carbons (Fsp3) is 0.667. The van der Waals surface area contributed by atoms with Gasteiger partial charge in [-0.15, -0.1) is 0 Å². The number of hydrogen-bond donors (Lipinski definition) is 0. The molecule has 0 spiro atoms. The Bertz CT molecular complexity index is 315. The monoisotopic (exact) mass is 321 g/mol. The molecule has 14 heavy (non-hydrogen) atoms. The van der Waals surface area contributed by atoms with Crippen LogP contribution in [0.2, 0.25) is 14.8 Å². The minimum atomic E-state index is -1.92. The number of nitrogens with zero attached hydrogens (tertiary/aromatic N) is 1. The van der Waals surface area contributed by atoms with E-state index in [4.69, 9.17) is 9.47 Å². The van der Waals surface area contributed by atoms with Gasteiger partial charge in [0, 0.05) is 0 Å². The van der Waals surface area contributed by atoms with Crippen LogP contribution in [0.5, 0.6) is 0 Å². The van der Waals surface area contributed by atoms with E-state index in [9.17, 15) is 0 Å². The molecule has 0 aromatic carbocycles. The van der Waals surface area contributed by atoms with Gasteiger partial charge in [0.2, 0.25) is 0 Å². The van der Waals surface area contributed by atoms with Crippen LogP contribution in [0.1, 0.15) is 11.3 Å². The topological polar surface area (TPSA) is 31.4 Å². The summed E-state index contributed by atoms with van der Waals surface area (Å²) in [4.78, 5) is 11.6. The Hall–Kier alpha value is 0.349. The zero-order valence-corrected chi connectivity index (χ0v) is 12.4. The van der Waals surface area contributed by atoms with E-state index in [1.165, 1.54) is 2.89 Å². The zero-order valence-electron chi connectivity index (χ0n) is 8.74. The first-order chi connectivity index (χ1) is 6.57. The van der Waals surface area contributed by atoms with E-state index in [2.05, 4.69) is 19.8 Å². The fourth-order valence-corrected chi connectivity index (χ4v) is 7.03. The van der Waals surface area contributed by atoms with Crippen molar-refractivity contribution in [3.63, 3.8) is 0 Å². The van der Waals surface area contributed by atoms with Crippen LogP contribution in [0.3, 0.4) is 0 Å². The molecule has 0 atom stereocenters. The number of thiazole rings is 1. The SMILES string of the molecule is [CH3][Sn]([CH3])([CH3])[c]1cnc(C2OCCO2)s1. The molecule has 5 heteroatoms. The summed E-state index contributed by atoms with van der Waals surface area (Å²) in [5.41, 5.74) is 0. The van der Waals surface area contributed by atoms with Gasteiger partial charge in [0.05, 0.1) is 0 Å². The van der Waals surface area contributed by atoms with E-state index in [-0.39, 0.29) is 6.29 Å². The standard InChI is InChI=1S/C6H6NO2S.3CH3.Sn/c1-4-10-5(7-1)6-8-2-3-9-6;;;;/h1,6H,2-3H2;3*1H3;. The quantitative estimate of drug-likeness (QED) is 0.778. The van der Waals surface area contributed by atoms with Gasteiger partial charge in [0.15, 0.2) is 0 Å². The predicted octanol–water partition coefficient (Wildman–Crippen LogP) is 1.73. The van der Waals surface area contributed by atoms with Crippen LogP contribution in [0.15, 0.2) is 6.20 Å². The molecule has 78 valence electrons. The van der Waals surface area contributed by atoms with E-state index in [0.717, 1.165) is 5.01 Å². The molecule has 0 aliphatic carbocycles. The van der Waals surface area contributed by atoms with E-state index in [1.54, 1.807) is 11.3 Å². The summed E-state index contributed by atoms with van der Waals surface area (Å²) in [5, 5.41) is 0.990. The normalized spacial score (nSPS) is 19.1. The summed E-state index contributed by atoms with van der Waals surface area (Å²) < 4.78 is 12.3. The van der Waals surface area contributed by atoms with Crippen LogP contribution in [0.4, 0.5) is 0 Å². The van der Waals surface area contributed by atoms with Gasteiger partial charge in [-0.3, -0.25) is 0 Å². The molecule has 1 saturated heterocycles. The summed E-state index contributed by atoms with van der Waals surface area (Å²) >= 11 is -0.156. The van der Waals surface area contributed by atoms with Gasteiger partial charge >= 0.3 is 92.6 Å². The van der Waals surface area contributed by atoms with Crippen molar-refractivity contribution in [3.05, 3.63) is 11.2 Å². The number of hydrogen-bond acceptors (Lipinski definition) is 4. The number of ether oxygens (including phenoxy) is 2. The van der Waals surface area contributed by atoms with Gasteiger partial charge in [-0.05, 0) is 0 Å². The Morgan fingerprint density at radius 3 is 2.50 bits per heavy atom. The summed E-state index contributed by atoms with van der Waals surface area (Å²) in [6.45, 7) is 1.39. The summed E-state index contributed by atoms with van der Waals surface area (Å²) in [6.07, 6.45) is 1.82. The molecule has 1 aliphatic heterocycles. The maximum absolute atomic E-state index is 5.41. The summed E-state index contributed by atoms with van der Waals surface area (Å²) in [7, 11) is 0. The zero-order chi connectivity index (χ0) is 10.2. The van der Waals surface area contributed by atoms with E-state index < -0.39 is 18.4 Å². The van der Waals surface area contributed by atoms with Crippen molar-refractivity contribution < 1.29 is 9.47 Å². The minimum absolute atomic E-state index is 0.192. The molecule has 1 aromatic rings. The molecule has 0 radical (unpaired) electrons. The summed E-state index contributed by atoms with van der Waals surface area (Å²) in [6, 6.07) is 0. The number of aromatic nitrogens is 1. The van der Waals surface area contributed by atoms with Crippen molar-refractivity contribution in [1.29, 1.82) is 0 Å². The van der Waals surface area contributed by atoms with Crippen molar-refractivity contribution >= 4 is 32.6 Å². The fourth-order valence-electron chi connectivity index (χ4n) is 1.24. The molecule has 1 aliphatic rings. The average Bonchev–Trinajstić information content (AvgIpc) is 2.73. The first-order valence-corrected chi connectivity index (χ1v) is 15.6. The molecule has 0 bridgehead atoms. The Morgan fingerprint density at radius 2 is 2.00 bits per heavy atom. The second-order valence-corrected chi connectivity index (χ2v) is 20.9. The molecule has 0 saturated carbocycles. The van der Waals surface area contributed by atoms with Crippen molar-refractivity contribution in [1.82, 2.24) is 4.98 Å². The maximum atomic E-state index is 5.41. The molecular formula is C9H15NO2SSn. The molecule has 2 rings (SSSR count). The third-order valence-corrected chi connectivity index (χ3v) is 12.5. The van der Waals surface area contributed by atoms with Gasteiger partial charge < -0.3 is 0 Å². The van der Waals surface area contributed by atoms with Gasteiger partial charge in [-0.1, -0.05) is 0 Å². The first-order valence-electron chi connectivity index (χ1n) is 4.77. The van der Waals surface area contributed by atoms with Crippen LogP contribution in [-0.4, -0.2) is 36.6 Å². The molecule has 1 fully saturated rings. The second-order valence-electron chi connectivity index (χ2n) is 4.39. The van der Waals surface area contributed by atoms with Crippen LogP contribution in [0, 0.1) is 0 Å². The second kappa shape index (κ2) is 4.08. The molecule has 0 amide bonds. The van der Waals surface area contributed by atoms with Crippen molar-refractivity contribution in [2.75, 3.05) is 13.2 Å². The third-order valence-electron chi connectivity index (χ3n) is 2.09. The van der Waals surface area contributed by atoms with Crippen molar-refractivity contribution in [3.8, 4) is 0 Å². The molecule has 3 nitrogen and oxygen atoms in total. The van der Waals surface area contributed by atoms with E-state index in [1.807, 2.05) is 6.20 Å². The van der Waals surface area contributed by atoms with Crippen LogP contribution >= 0.6 is 11.3 Å². The third kappa shape index (κ3) is 2.29. The average molecular weight is 320 g/mol. The molecule has 0 unspecified atom stereocenters. The van der Waals surface area contributed by atoms with Gasteiger partial charge in [0.25, 0.3) is 0 Å². The van der Waals surface area contributed by atoms with Crippen LogP contribution in [-0.2, 0) is 9.47 Å². The van der Waals surface area contributed by atoms with Gasteiger partial charge in [-0.25, -0.2) is 0 Å². The Labute approximate surface area is 92.3 Å². The first kappa shape index (κ1) is 10.9. The molecule has 2 heterocycles. The van der Waals surface area contributed by atoms with Gasteiger partial charge in [0.1, 0.15) is 0 Å². The molecule has 1 aromatic heterocycles. The van der Waals surface area contributed by atoms with Crippen molar-refractivity contribution in [2.24, 2.45) is 0 Å². The predicted molar refractivity (Wildman–Crippen MR) is 59.7 cm³/mol. The number of rotatable bonds is 2. The van der Waals surface area contributed by atoms with Crippen molar-refractivity contribution in [2.45, 2.75) is 21.1 Å². The van der Waals surface area contributed by atoms with Crippen LogP contribution < -0.4 is 2.89 Å². The Kier molecular flexibility index (Phi) is 3.16. The summed E-state index contributed by atoms with van der Waals surface area (Å²) in [5.74, 6) is 0. The Morgan fingerprint density at radius 1 is 1.36 bits per heavy atom. The van der Waals surface area contributed by atoms with Gasteiger partial charge in [-0.2, -0.15) is 0 Å². The van der Waals surface area contributed by atoms with E-state index in [0.29, 0.717) is 13.2 Å². The Balaban J connectivity index is 2.17.